The fourth-order valence-corrected chi connectivity index (χ4v) is 5.89. The molecule has 0 saturated carbocycles. The Hall–Kier alpha value is -2.75. The number of amides is 1. The summed E-state index contributed by atoms with van der Waals surface area (Å²) in [5.41, 5.74) is 5.22. The van der Waals surface area contributed by atoms with Gasteiger partial charge >= 0.3 is 5.97 Å². The van der Waals surface area contributed by atoms with Crippen molar-refractivity contribution >= 4 is 27.6 Å². The molecule has 2 aromatic carbocycles. The van der Waals surface area contributed by atoms with E-state index in [0.29, 0.717) is 5.69 Å². The molecule has 1 heterocycles. The van der Waals surface area contributed by atoms with E-state index in [1.165, 1.54) is 13.0 Å². The van der Waals surface area contributed by atoms with Gasteiger partial charge in [-0.3, -0.25) is 9.59 Å². The molecule has 184 valence electrons. The number of anilines is 1. The number of nitrogens with zero attached hydrogens (tertiary/aromatic N) is 1. The lowest BCUT2D eigenvalue weighted by atomic mass is 10.0. The quantitative estimate of drug-likeness (QED) is 0.605. The van der Waals surface area contributed by atoms with Crippen LogP contribution in [0.5, 0.6) is 0 Å². The number of β-amino-alcohol motifs (C(OH)–C–C–N with tert-alkyl or cyclic N) is 1. The maximum atomic E-state index is 13.2. The zero-order valence-electron chi connectivity index (χ0n) is 20.4. The van der Waals surface area contributed by atoms with Crippen molar-refractivity contribution in [3.05, 3.63) is 58.1 Å². The Kier molecular flexibility index (Phi) is 7.50. The molecule has 1 fully saturated rings. The third-order valence-electron chi connectivity index (χ3n) is 6.18. The highest BCUT2D eigenvalue weighted by atomic mass is 32.2. The van der Waals surface area contributed by atoms with Gasteiger partial charge in [-0.1, -0.05) is 23.8 Å². The molecule has 1 aliphatic heterocycles. The molecule has 0 aliphatic carbocycles. The molecule has 0 aromatic heterocycles. The van der Waals surface area contributed by atoms with Crippen LogP contribution >= 0.6 is 0 Å². The lowest BCUT2D eigenvalue weighted by molar-refractivity contribution is -0.156. The normalized spacial score (nSPS) is 19.6. The van der Waals surface area contributed by atoms with Gasteiger partial charge in [0.05, 0.1) is 11.0 Å². The molecule has 1 saturated heterocycles. The zero-order chi connectivity index (χ0) is 25.4. The predicted octanol–water partition coefficient (Wildman–Crippen LogP) is 2.92. The van der Waals surface area contributed by atoms with Gasteiger partial charge in [-0.15, -0.1) is 0 Å². The van der Waals surface area contributed by atoms with Crippen LogP contribution in [0.2, 0.25) is 0 Å². The number of benzene rings is 2. The summed E-state index contributed by atoms with van der Waals surface area (Å²) in [6.45, 7) is 10.6. The first kappa shape index (κ1) is 25.9. The molecule has 8 nitrogen and oxygen atoms in total. The molecule has 0 bridgehead atoms. The molecular formula is C25H32N2O6S. The van der Waals surface area contributed by atoms with Crippen molar-refractivity contribution in [3.63, 3.8) is 0 Å². The summed E-state index contributed by atoms with van der Waals surface area (Å²) in [6, 6.07) is 7.37. The molecular weight excluding hydrogens is 456 g/mol. The smallest absolute Gasteiger partial charge is 0.325 e. The Labute approximate surface area is 201 Å². The van der Waals surface area contributed by atoms with Gasteiger partial charge in [0.1, 0.15) is 6.04 Å². The average molecular weight is 489 g/mol. The number of ether oxygens (including phenoxy) is 1. The molecule has 2 unspecified atom stereocenters. The standard InChI is InChI=1S/C25H32N2O6S/c1-14-9-17(4)23(18(5)10-14)26-24(29)19(6)33-25(30)22-12-20(28)13-27(22)34(31,32)21-8-7-15(2)16(3)11-21/h7-11,19-20,22,28H,12-13H2,1-6H3,(H,26,29)/t19?,20?,22-/m0/s1. The summed E-state index contributed by atoms with van der Waals surface area (Å²) in [6.07, 6.45) is -2.27. The molecule has 0 radical (unpaired) electrons. The SMILES string of the molecule is Cc1cc(C)c(NC(=O)C(C)OC(=O)[C@@H]2CC(O)CN2S(=O)(=O)c2ccc(C)c(C)c2)c(C)c1. The van der Waals surface area contributed by atoms with Gasteiger partial charge in [-0.25, -0.2) is 8.42 Å². The number of nitrogens with one attached hydrogen (secondary N) is 1. The number of sulfonamides is 1. The number of aliphatic hydroxyl groups is 1. The Morgan fingerprint density at radius 2 is 1.65 bits per heavy atom. The van der Waals surface area contributed by atoms with Gasteiger partial charge in [-0.2, -0.15) is 4.31 Å². The van der Waals surface area contributed by atoms with Crippen LogP contribution in [0, 0.1) is 34.6 Å². The number of hydrogen-bond acceptors (Lipinski definition) is 6. The van der Waals surface area contributed by atoms with Gasteiger partial charge in [-0.05, 0) is 75.9 Å². The minimum Gasteiger partial charge on any atom is -0.451 e. The number of hydrogen-bond donors (Lipinski definition) is 2. The molecule has 1 amide bonds. The molecule has 0 spiro atoms. The summed E-state index contributed by atoms with van der Waals surface area (Å²) in [4.78, 5) is 25.7. The average Bonchev–Trinajstić information content (AvgIpc) is 3.15. The minimum atomic E-state index is -4.05. The van der Waals surface area contributed by atoms with Crippen molar-refractivity contribution in [3.8, 4) is 0 Å². The number of carbonyl (C=O) groups excluding carboxylic acids is 2. The summed E-state index contributed by atoms with van der Waals surface area (Å²) < 4.78 is 32.8. The van der Waals surface area contributed by atoms with Crippen molar-refractivity contribution in [2.75, 3.05) is 11.9 Å². The van der Waals surface area contributed by atoms with E-state index in [0.717, 1.165) is 32.1 Å². The topological polar surface area (TPSA) is 113 Å². The van der Waals surface area contributed by atoms with Crippen LogP contribution in [0.4, 0.5) is 5.69 Å². The van der Waals surface area contributed by atoms with E-state index in [-0.39, 0.29) is 17.9 Å². The number of rotatable bonds is 6. The summed E-state index contributed by atoms with van der Waals surface area (Å²) >= 11 is 0. The Balaban J connectivity index is 1.76. The summed E-state index contributed by atoms with van der Waals surface area (Å²) in [7, 11) is -4.05. The highest BCUT2D eigenvalue weighted by Crippen LogP contribution is 2.29. The van der Waals surface area contributed by atoms with Gasteiger partial charge < -0.3 is 15.2 Å². The van der Waals surface area contributed by atoms with Gasteiger partial charge in [0, 0.05) is 18.7 Å². The van der Waals surface area contributed by atoms with Crippen molar-refractivity contribution in [1.29, 1.82) is 0 Å². The second-order valence-electron chi connectivity index (χ2n) is 9.07. The van der Waals surface area contributed by atoms with Crippen molar-refractivity contribution in [2.24, 2.45) is 0 Å². The molecule has 2 aromatic rings. The second kappa shape index (κ2) is 9.85. The first-order chi connectivity index (χ1) is 15.8. The van der Waals surface area contributed by atoms with E-state index >= 15 is 0 Å². The largest absolute Gasteiger partial charge is 0.451 e. The molecule has 9 heteroatoms. The van der Waals surface area contributed by atoms with E-state index in [1.54, 1.807) is 19.1 Å². The molecule has 3 atom stereocenters. The maximum Gasteiger partial charge on any atom is 0.325 e. The van der Waals surface area contributed by atoms with E-state index in [1.807, 2.05) is 39.8 Å². The first-order valence-corrected chi connectivity index (χ1v) is 12.6. The monoisotopic (exact) mass is 488 g/mol. The van der Waals surface area contributed by atoms with Crippen LogP contribution in [0.3, 0.4) is 0 Å². The molecule has 34 heavy (non-hydrogen) atoms. The number of esters is 1. The zero-order valence-corrected chi connectivity index (χ0v) is 21.2. The third-order valence-corrected chi connectivity index (χ3v) is 8.05. The van der Waals surface area contributed by atoms with E-state index in [2.05, 4.69) is 5.32 Å². The Morgan fingerprint density at radius 1 is 1.03 bits per heavy atom. The Bertz CT molecular complexity index is 1200. The highest BCUT2D eigenvalue weighted by Gasteiger charge is 2.45. The van der Waals surface area contributed by atoms with Crippen LogP contribution in [-0.4, -0.2) is 54.5 Å². The van der Waals surface area contributed by atoms with Crippen LogP contribution in [0.1, 0.15) is 41.2 Å². The van der Waals surface area contributed by atoms with Gasteiger partial charge in [0.25, 0.3) is 5.91 Å². The fraction of sp³-hybridized carbons (Fsp3) is 0.440. The van der Waals surface area contributed by atoms with E-state index < -0.39 is 40.1 Å². The summed E-state index contributed by atoms with van der Waals surface area (Å²) in [5.74, 6) is -1.39. The van der Waals surface area contributed by atoms with Gasteiger partial charge in [0.2, 0.25) is 10.0 Å². The first-order valence-electron chi connectivity index (χ1n) is 11.2. The van der Waals surface area contributed by atoms with Crippen LogP contribution in [0.15, 0.2) is 35.2 Å². The van der Waals surface area contributed by atoms with Crippen LogP contribution in [-0.2, 0) is 24.3 Å². The van der Waals surface area contributed by atoms with E-state index in [9.17, 15) is 23.1 Å². The van der Waals surface area contributed by atoms with E-state index in [4.69, 9.17) is 4.74 Å². The number of aryl methyl sites for hydroxylation is 5. The summed E-state index contributed by atoms with van der Waals surface area (Å²) in [5, 5.41) is 12.9. The van der Waals surface area contributed by atoms with Crippen LogP contribution in [0.25, 0.3) is 0 Å². The second-order valence-corrected chi connectivity index (χ2v) is 11.0. The predicted molar refractivity (Wildman–Crippen MR) is 129 cm³/mol. The molecule has 1 aliphatic rings. The van der Waals surface area contributed by atoms with Gasteiger partial charge in [0.15, 0.2) is 6.10 Å². The van der Waals surface area contributed by atoms with Crippen molar-refractivity contribution in [1.82, 2.24) is 4.31 Å². The highest BCUT2D eigenvalue weighted by molar-refractivity contribution is 7.89. The minimum absolute atomic E-state index is 0.0404. The molecule has 2 N–H and O–H groups in total. The lowest BCUT2D eigenvalue weighted by Crippen LogP contribution is -2.43. The van der Waals surface area contributed by atoms with Crippen molar-refractivity contribution < 1.29 is 27.9 Å². The Morgan fingerprint density at radius 3 is 2.24 bits per heavy atom. The van der Waals surface area contributed by atoms with Crippen LogP contribution < -0.4 is 5.32 Å². The lowest BCUT2D eigenvalue weighted by Gasteiger charge is -2.24. The fourth-order valence-electron chi connectivity index (χ4n) is 4.18. The van der Waals surface area contributed by atoms with Crippen molar-refractivity contribution in [2.45, 2.75) is 71.1 Å². The molecule has 3 rings (SSSR count). The number of aliphatic hydroxyl groups excluding tert-OH is 1. The maximum absolute atomic E-state index is 13.2. The number of carbonyl (C=O) groups is 2. The third kappa shape index (κ3) is 5.32.